The van der Waals surface area contributed by atoms with Crippen LogP contribution >= 0.6 is 0 Å². The van der Waals surface area contributed by atoms with E-state index in [0.29, 0.717) is 19.3 Å². The van der Waals surface area contributed by atoms with Crippen molar-refractivity contribution in [1.29, 1.82) is 0 Å². The summed E-state index contributed by atoms with van der Waals surface area (Å²) < 4.78 is 16.9. The van der Waals surface area contributed by atoms with Gasteiger partial charge in [-0.05, 0) is 116 Å². The van der Waals surface area contributed by atoms with Gasteiger partial charge in [-0.15, -0.1) is 0 Å². The molecule has 0 fully saturated rings. The van der Waals surface area contributed by atoms with E-state index in [9.17, 15) is 14.4 Å². The Labute approximate surface area is 501 Å². The van der Waals surface area contributed by atoms with Crippen LogP contribution in [0.3, 0.4) is 0 Å². The zero-order valence-corrected chi connectivity index (χ0v) is 53.0. The molecule has 0 amide bonds. The van der Waals surface area contributed by atoms with Crippen LogP contribution in [0.4, 0.5) is 0 Å². The number of allylic oxidation sites excluding steroid dienone is 20. The predicted octanol–water partition coefficient (Wildman–Crippen LogP) is 23.6. The fraction of sp³-hybridized carbons (Fsp3) is 0.693. The molecule has 0 aromatic rings. The lowest BCUT2D eigenvalue weighted by molar-refractivity contribution is -0.167. The van der Waals surface area contributed by atoms with Gasteiger partial charge in [0, 0.05) is 19.3 Å². The SMILES string of the molecule is CC/C=C\C/C=C\C/C=C\C/C=C\C/C=C\C/C=C\C/C=C\C/C=C\C/C=C\CCCCCC(=O)OCC(COC(=O)CCCCCCCCCCCCCCCCCC)OC(=O)CCCCCCC/C=C\CCCCCCCCC. The summed E-state index contributed by atoms with van der Waals surface area (Å²) in [7, 11) is 0. The van der Waals surface area contributed by atoms with E-state index in [1.165, 1.54) is 141 Å². The lowest BCUT2D eigenvalue weighted by atomic mass is 10.0. The molecule has 0 saturated heterocycles. The van der Waals surface area contributed by atoms with Crippen LogP contribution in [0.15, 0.2) is 122 Å². The fourth-order valence-corrected chi connectivity index (χ4v) is 9.37. The Balaban J connectivity index is 4.40. The van der Waals surface area contributed by atoms with Crippen molar-refractivity contribution in [2.75, 3.05) is 13.2 Å². The Kier molecular flexibility index (Phi) is 64.8. The third kappa shape index (κ3) is 66.5. The Bertz CT molecular complexity index is 1670. The Hall–Kier alpha value is -4.19. The van der Waals surface area contributed by atoms with E-state index >= 15 is 0 Å². The van der Waals surface area contributed by atoms with Crippen LogP contribution < -0.4 is 0 Å². The molecule has 0 rings (SSSR count). The van der Waals surface area contributed by atoms with Gasteiger partial charge >= 0.3 is 17.9 Å². The number of ether oxygens (including phenoxy) is 3. The van der Waals surface area contributed by atoms with Crippen molar-refractivity contribution in [2.45, 2.75) is 322 Å². The van der Waals surface area contributed by atoms with Gasteiger partial charge in [-0.1, -0.05) is 303 Å². The first kappa shape index (κ1) is 76.8. The van der Waals surface area contributed by atoms with Crippen LogP contribution in [0.1, 0.15) is 316 Å². The highest BCUT2D eigenvalue weighted by atomic mass is 16.6. The van der Waals surface area contributed by atoms with E-state index < -0.39 is 6.10 Å². The van der Waals surface area contributed by atoms with Crippen molar-refractivity contribution in [3.63, 3.8) is 0 Å². The number of carbonyl (C=O) groups excluding carboxylic acids is 3. The summed E-state index contributed by atoms with van der Waals surface area (Å²) in [5, 5.41) is 0. The van der Waals surface area contributed by atoms with Gasteiger partial charge in [0.05, 0.1) is 0 Å². The summed E-state index contributed by atoms with van der Waals surface area (Å²) in [5.41, 5.74) is 0. The van der Waals surface area contributed by atoms with Gasteiger partial charge in [0.1, 0.15) is 13.2 Å². The van der Waals surface area contributed by atoms with Crippen LogP contribution in [-0.4, -0.2) is 37.2 Å². The number of carbonyl (C=O) groups is 3. The first-order valence-corrected chi connectivity index (χ1v) is 34.0. The number of unbranched alkanes of at least 4 members (excludes halogenated alkanes) is 30. The molecule has 0 aliphatic rings. The number of rotatable bonds is 61. The first-order chi connectivity index (χ1) is 40.0. The normalized spacial score (nSPS) is 12.9. The molecule has 0 aromatic carbocycles. The van der Waals surface area contributed by atoms with Gasteiger partial charge in [0.2, 0.25) is 0 Å². The zero-order chi connectivity index (χ0) is 58.5. The molecule has 1 unspecified atom stereocenters. The molecule has 0 aliphatic heterocycles. The molecule has 0 N–H and O–H groups in total. The molecule has 0 radical (unpaired) electrons. The highest BCUT2D eigenvalue weighted by molar-refractivity contribution is 5.71. The van der Waals surface area contributed by atoms with E-state index in [1.807, 2.05) is 0 Å². The van der Waals surface area contributed by atoms with E-state index in [-0.39, 0.29) is 31.1 Å². The van der Waals surface area contributed by atoms with Crippen LogP contribution in [0, 0.1) is 0 Å². The Morgan fingerprint density at radius 3 is 0.778 bits per heavy atom. The Morgan fingerprint density at radius 1 is 0.259 bits per heavy atom. The molecule has 0 bridgehead atoms. The predicted molar refractivity (Wildman–Crippen MR) is 353 cm³/mol. The van der Waals surface area contributed by atoms with Gasteiger partial charge in [-0.3, -0.25) is 14.4 Å². The third-order valence-electron chi connectivity index (χ3n) is 14.5. The number of hydrogen-bond acceptors (Lipinski definition) is 6. The molecule has 0 saturated carbocycles. The largest absolute Gasteiger partial charge is 0.462 e. The van der Waals surface area contributed by atoms with Gasteiger partial charge in [0.25, 0.3) is 0 Å². The molecule has 6 heteroatoms. The third-order valence-corrected chi connectivity index (χ3v) is 14.5. The van der Waals surface area contributed by atoms with E-state index in [4.69, 9.17) is 14.2 Å². The van der Waals surface area contributed by atoms with Crippen molar-refractivity contribution >= 4 is 17.9 Å². The molecule has 6 nitrogen and oxygen atoms in total. The van der Waals surface area contributed by atoms with Crippen molar-refractivity contribution < 1.29 is 28.6 Å². The molecule has 0 heterocycles. The maximum absolute atomic E-state index is 12.9. The minimum atomic E-state index is -0.799. The average molecular weight is 1120 g/mol. The van der Waals surface area contributed by atoms with Gasteiger partial charge in [0.15, 0.2) is 6.10 Å². The van der Waals surface area contributed by atoms with Gasteiger partial charge in [-0.2, -0.15) is 0 Å². The van der Waals surface area contributed by atoms with E-state index in [2.05, 4.69) is 142 Å². The standard InChI is InChI=1S/C75H126O6/c1-4-7-10-13-16-19-22-25-28-31-32-33-34-35-36-37-38-39-40-41-42-43-44-45-48-50-53-56-59-62-65-68-74(77)80-71-72(81-75(78)69-66-63-60-57-54-51-47-30-27-24-21-18-15-12-9-6-3)70-79-73(76)67-64-61-58-55-52-49-46-29-26-23-20-17-14-11-8-5-2/h7,10,16,19,25,28,30,32-33,35-36,38-39,41-42,44-45,47,50,53,72H,4-6,8-9,11-15,17-18,20-24,26-27,29,31,34,37,40,43,46,48-49,51-52,54-71H2,1-3H3/b10-7-,19-16-,28-25-,33-32-,36-35-,39-38-,42-41-,45-44-,47-30-,53-50-. The molecular weight excluding hydrogens is 997 g/mol. The average Bonchev–Trinajstić information content (AvgIpc) is 3.47. The quantitative estimate of drug-likeness (QED) is 0.0261. The number of esters is 3. The highest BCUT2D eigenvalue weighted by Gasteiger charge is 2.19. The van der Waals surface area contributed by atoms with Gasteiger partial charge in [-0.25, -0.2) is 0 Å². The molecule has 0 aromatic heterocycles. The second-order valence-electron chi connectivity index (χ2n) is 22.4. The van der Waals surface area contributed by atoms with E-state index in [1.54, 1.807) is 0 Å². The Morgan fingerprint density at radius 2 is 0.481 bits per heavy atom. The summed E-state index contributed by atoms with van der Waals surface area (Å²) in [6, 6.07) is 0. The molecule has 81 heavy (non-hydrogen) atoms. The summed E-state index contributed by atoms with van der Waals surface area (Å²) >= 11 is 0. The molecular formula is C75H126O6. The minimum absolute atomic E-state index is 0.0908. The first-order valence-electron chi connectivity index (χ1n) is 34.0. The number of hydrogen-bond donors (Lipinski definition) is 0. The van der Waals surface area contributed by atoms with Crippen LogP contribution in [0.25, 0.3) is 0 Å². The summed E-state index contributed by atoms with van der Waals surface area (Å²) in [6.07, 6.45) is 94.9. The molecule has 1 atom stereocenters. The zero-order valence-electron chi connectivity index (χ0n) is 53.0. The van der Waals surface area contributed by atoms with Crippen molar-refractivity contribution in [3.8, 4) is 0 Å². The van der Waals surface area contributed by atoms with E-state index in [0.717, 1.165) is 135 Å². The summed E-state index contributed by atoms with van der Waals surface area (Å²) in [6.45, 7) is 6.52. The van der Waals surface area contributed by atoms with Gasteiger partial charge < -0.3 is 14.2 Å². The van der Waals surface area contributed by atoms with Crippen molar-refractivity contribution in [1.82, 2.24) is 0 Å². The summed E-state index contributed by atoms with van der Waals surface area (Å²) in [5.74, 6) is -0.924. The maximum Gasteiger partial charge on any atom is 0.306 e. The molecule has 0 aliphatic carbocycles. The monoisotopic (exact) mass is 1120 g/mol. The highest BCUT2D eigenvalue weighted by Crippen LogP contribution is 2.16. The molecule has 462 valence electrons. The summed E-state index contributed by atoms with van der Waals surface area (Å²) in [4.78, 5) is 38.4. The lowest BCUT2D eigenvalue weighted by Crippen LogP contribution is -2.30. The van der Waals surface area contributed by atoms with Crippen molar-refractivity contribution in [2.24, 2.45) is 0 Å². The lowest BCUT2D eigenvalue weighted by Gasteiger charge is -2.18. The fourth-order valence-electron chi connectivity index (χ4n) is 9.37. The maximum atomic E-state index is 12.9. The van der Waals surface area contributed by atoms with Crippen LogP contribution in [-0.2, 0) is 28.6 Å². The minimum Gasteiger partial charge on any atom is -0.462 e. The molecule has 0 spiro atoms. The van der Waals surface area contributed by atoms with Crippen molar-refractivity contribution in [3.05, 3.63) is 122 Å². The second kappa shape index (κ2) is 68.3. The smallest absolute Gasteiger partial charge is 0.306 e. The second-order valence-corrected chi connectivity index (χ2v) is 22.4. The topological polar surface area (TPSA) is 78.9 Å². The van der Waals surface area contributed by atoms with Crippen LogP contribution in [0.5, 0.6) is 0 Å². The van der Waals surface area contributed by atoms with Crippen LogP contribution in [0.2, 0.25) is 0 Å².